The Hall–Kier alpha value is -0.860. The van der Waals surface area contributed by atoms with Crippen LogP contribution >= 0.6 is 0 Å². The summed E-state index contributed by atoms with van der Waals surface area (Å²) in [5.74, 6) is -0.420. The molecule has 3 heteroatoms. The number of ketones is 1. The molecule has 2 atom stereocenters. The normalized spacial score (nSPS) is 15.0. The molecule has 0 saturated heterocycles. The lowest BCUT2D eigenvalue weighted by atomic mass is 9.89. The minimum atomic E-state index is -1.03. The molecule has 3 nitrogen and oxygen atoms in total. The fourth-order valence-corrected chi connectivity index (χ4v) is 1.20. The summed E-state index contributed by atoms with van der Waals surface area (Å²) < 4.78 is 0. The Labute approximate surface area is 79.1 Å². The summed E-state index contributed by atoms with van der Waals surface area (Å²) in [5, 5.41) is 8.37. The van der Waals surface area contributed by atoms with E-state index in [1.165, 1.54) is 0 Å². The second-order valence-corrected chi connectivity index (χ2v) is 3.68. The lowest BCUT2D eigenvalue weighted by Gasteiger charge is -2.16. The van der Waals surface area contributed by atoms with E-state index in [1.54, 1.807) is 0 Å². The van der Waals surface area contributed by atoms with Gasteiger partial charge in [0, 0.05) is 6.42 Å². The van der Waals surface area contributed by atoms with Crippen molar-refractivity contribution in [2.24, 2.45) is 11.8 Å². The lowest BCUT2D eigenvalue weighted by molar-refractivity contribution is -0.140. The molecule has 1 N–H and O–H groups in total. The number of Topliss-reactive ketones (excluding diaryl/α,β-unsaturated/α-hetero) is 1. The molecule has 0 amide bonds. The first kappa shape index (κ1) is 12.1. The highest BCUT2D eigenvalue weighted by Gasteiger charge is 2.16. The molecular weight excluding hydrogens is 168 g/mol. The third kappa shape index (κ3) is 5.39. The van der Waals surface area contributed by atoms with Gasteiger partial charge in [-0.05, 0) is 11.8 Å². The smallest absolute Gasteiger partial charge is 0.310 e. The molecule has 2 unspecified atom stereocenters. The summed E-state index contributed by atoms with van der Waals surface area (Å²) in [5.41, 5.74) is 0. The van der Waals surface area contributed by atoms with Crippen LogP contribution in [0.25, 0.3) is 0 Å². The van der Waals surface area contributed by atoms with Crippen LogP contribution in [-0.2, 0) is 9.59 Å². The van der Waals surface area contributed by atoms with E-state index in [0.717, 1.165) is 6.42 Å². The summed E-state index contributed by atoms with van der Waals surface area (Å²) in [7, 11) is 0. The lowest BCUT2D eigenvalue weighted by Crippen LogP contribution is -2.15. The summed E-state index contributed by atoms with van der Waals surface area (Å²) in [4.78, 5) is 21.3. The van der Waals surface area contributed by atoms with Gasteiger partial charge in [0.2, 0.25) is 0 Å². The Morgan fingerprint density at radius 3 is 2.15 bits per heavy atom. The summed E-state index contributed by atoms with van der Waals surface area (Å²) in [6, 6.07) is 0. The predicted octanol–water partition coefficient (Wildman–Crippen LogP) is 2.10. The second kappa shape index (κ2) is 5.73. The standard InChI is InChI=1S/C10H18O3/c1-4-7(2)8(3)5-9(11)6-10(12)13/h7-8H,4-6H2,1-3H3,(H,12,13). The molecule has 0 aromatic rings. The van der Waals surface area contributed by atoms with Gasteiger partial charge in [-0.15, -0.1) is 0 Å². The average molecular weight is 186 g/mol. The van der Waals surface area contributed by atoms with Crippen molar-refractivity contribution in [3.8, 4) is 0 Å². The van der Waals surface area contributed by atoms with Crippen LogP contribution in [0.4, 0.5) is 0 Å². The van der Waals surface area contributed by atoms with Gasteiger partial charge < -0.3 is 5.11 Å². The Kier molecular flexibility index (Phi) is 5.35. The van der Waals surface area contributed by atoms with Crippen LogP contribution in [0.2, 0.25) is 0 Å². The number of carbonyl (C=O) groups is 2. The fourth-order valence-electron chi connectivity index (χ4n) is 1.20. The molecule has 0 saturated carbocycles. The minimum absolute atomic E-state index is 0.166. The topological polar surface area (TPSA) is 54.4 Å². The van der Waals surface area contributed by atoms with Crippen molar-refractivity contribution in [3.05, 3.63) is 0 Å². The highest BCUT2D eigenvalue weighted by Crippen LogP contribution is 2.18. The van der Waals surface area contributed by atoms with Crippen molar-refractivity contribution in [1.82, 2.24) is 0 Å². The maximum atomic E-state index is 11.1. The van der Waals surface area contributed by atoms with Crippen molar-refractivity contribution in [2.45, 2.75) is 40.0 Å². The van der Waals surface area contributed by atoms with E-state index in [-0.39, 0.29) is 18.1 Å². The van der Waals surface area contributed by atoms with Crippen molar-refractivity contribution >= 4 is 11.8 Å². The van der Waals surface area contributed by atoms with Gasteiger partial charge in [-0.3, -0.25) is 9.59 Å². The zero-order chi connectivity index (χ0) is 10.4. The van der Waals surface area contributed by atoms with Crippen LogP contribution in [0.15, 0.2) is 0 Å². The van der Waals surface area contributed by atoms with Crippen LogP contribution in [0.1, 0.15) is 40.0 Å². The molecule has 0 spiro atoms. The zero-order valence-corrected chi connectivity index (χ0v) is 8.54. The van der Waals surface area contributed by atoms with Crippen LogP contribution in [0, 0.1) is 11.8 Å². The van der Waals surface area contributed by atoms with Gasteiger partial charge >= 0.3 is 5.97 Å². The van der Waals surface area contributed by atoms with Gasteiger partial charge in [0.05, 0.1) is 0 Å². The van der Waals surface area contributed by atoms with E-state index >= 15 is 0 Å². The number of hydrogen-bond donors (Lipinski definition) is 1. The molecule has 0 aliphatic heterocycles. The molecule has 76 valence electrons. The maximum Gasteiger partial charge on any atom is 0.310 e. The Balaban J connectivity index is 3.84. The monoisotopic (exact) mass is 186 g/mol. The predicted molar refractivity (Wildman–Crippen MR) is 50.5 cm³/mol. The molecular formula is C10H18O3. The number of carbonyl (C=O) groups excluding carboxylic acids is 1. The van der Waals surface area contributed by atoms with Gasteiger partial charge in [0.1, 0.15) is 12.2 Å². The highest BCUT2D eigenvalue weighted by atomic mass is 16.4. The van der Waals surface area contributed by atoms with E-state index in [2.05, 4.69) is 13.8 Å². The Bertz CT molecular complexity index is 187. The van der Waals surface area contributed by atoms with Crippen molar-refractivity contribution in [1.29, 1.82) is 0 Å². The first-order valence-corrected chi connectivity index (χ1v) is 4.70. The van der Waals surface area contributed by atoms with Crippen LogP contribution in [0.5, 0.6) is 0 Å². The molecule has 0 fully saturated rings. The molecule has 13 heavy (non-hydrogen) atoms. The minimum Gasteiger partial charge on any atom is -0.481 e. The van der Waals surface area contributed by atoms with E-state index in [9.17, 15) is 9.59 Å². The number of carboxylic acid groups (broad SMARTS) is 1. The van der Waals surface area contributed by atoms with E-state index in [0.29, 0.717) is 12.3 Å². The third-order valence-electron chi connectivity index (χ3n) is 2.51. The number of aliphatic carboxylic acids is 1. The van der Waals surface area contributed by atoms with Crippen molar-refractivity contribution in [2.75, 3.05) is 0 Å². The van der Waals surface area contributed by atoms with E-state index in [1.807, 2.05) is 6.92 Å². The van der Waals surface area contributed by atoms with Crippen LogP contribution < -0.4 is 0 Å². The summed E-state index contributed by atoms with van der Waals surface area (Å²) in [6.07, 6.45) is 1.09. The summed E-state index contributed by atoms with van der Waals surface area (Å²) >= 11 is 0. The average Bonchev–Trinajstić information content (AvgIpc) is 2.01. The molecule has 0 aromatic heterocycles. The molecule has 0 aliphatic carbocycles. The SMILES string of the molecule is CCC(C)C(C)CC(=O)CC(=O)O. The first-order valence-electron chi connectivity index (χ1n) is 4.70. The van der Waals surface area contributed by atoms with Gasteiger partial charge in [0.25, 0.3) is 0 Å². The van der Waals surface area contributed by atoms with Crippen molar-refractivity contribution < 1.29 is 14.7 Å². The Morgan fingerprint density at radius 1 is 1.23 bits per heavy atom. The first-order chi connectivity index (χ1) is 5.97. The molecule has 0 heterocycles. The largest absolute Gasteiger partial charge is 0.481 e. The number of carboxylic acids is 1. The van der Waals surface area contributed by atoms with Gasteiger partial charge in [-0.2, -0.15) is 0 Å². The highest BCUT2D eigenvalue weighted by molar-refractivity contribution is 5.94. The van der Waals surface area contributed by atoms with Crippen molar-refractivity contribution in [3.63, 3.8) is 0 Å². The maximum absolute atomic E-state index is 11.1. The van der Waals surface area contributed by atoms with Gasteiger partial charge in [-0.1, -0.05) is 27.2 Å². The van der Waals surface area contributed by atoms with Gasteiger partial charge in [0.15, 0.2) is 0 Å². The quantitative estimate of drug-likeness (QED) is 0.646. The number of rotatable bonds is 6. The molecule has 0 bridgehead atoms. The van der Waals surface area contributed by atoms with Crippen LogP contribution in [0.3, 0.4) is 0 Å². The second-order valence-electron chi connectivity index (χ2n) is 3.68. The van der Waals surface area contributed by atoms with E-state index < -0.39 is 5.97 Å². The molecule has 0 radical (unpaired) electrons. The summed E-state index contributed by atoms with van der Waals surface area (Å²) in [6.45, 7) is 6.15. The third-order valence-corrected chi connectivity index (χ3v) is 2.51. The number of hydrogen-bond acceptors (Lipinski definition) is 2. The zero-order valence-electron chi connectivity index (χ0n) is 8.54. The van der Waals surface area contributed by atoms with Crippen LogP contribution in [-0.4, -0.2) is 16.9 Å². The molecule has 0 aliphatic rings. The van der Waals surface area contributed by atoms with E-state index in [4.69, 9.17) is 5.11 Å². The molecule has 0 aromatic carbocycles. The fraction of sp³-hybridized carbons (Fsp3) is 0.800. The van der Waals surface area contributed by atoms with Gasteiger partial charge in [-0.25, -0.2) is 0 Å². The molecule has 0 rings (SSSR count). The Morgan fingerprint density at radius 2 is 1.77 bits per heavy atom.